The highest BCUT2D eigenvalue weighted by Crippen LogP contribution is 2.35. The molecule has 1 aromatic carbocycles. The largest absolute Gasteiger partial charge is 0.439 e. The number of rotatable bonds is 3. The molecule has 0 radical (unpaired) electrons. The van der Waals surface area contributed by atoms with Gasteiger partial charge in [0.15, 0.2) is 0 Å². The summed E-state index contributed by atoms with van der Waals surface area (Å²) < 4.78 is 7.98. The van der Waals surface area contributed by atoms with Crippen LogP contribution in [0.1, 0.15) is 37.6 Å². The minimum atomic E-state index is 0.0405. The van der Waals surface area contributed by atoms with Crippen molar-refractivity contribution in [3.05, 3.63) is 41.1 Å². The van der Waals surface area contributed by atoms with Crippen LogP contribution in [0.15, 0.2) is 24.3 Å². The molecule has 0 unspecified atom stereocenters. The van der Waals surface area contributed by atoms with Crippen LogP contribution < -0.4 is 4.74 Å². The molecule has 0 fully saturated rings. The van der Waals surface area contributed by atoms with Crippen LogP contribution in [0.5, 0.6) is 11.6 Å². The molecule has 1 heterocycles. The standard InChI is InChI=1S/C16H21BrN2O/c1-11-12(10-17)15(19(5)18-11)20-14-9-7-6-8-13(14)16(2,3)4/h6-9H,10H2,1-5H3. The monoisotopic (exact) mass is 336 g/mol. The average molecular weight is 337 g/mol. The molecule has 0 saturated carbocycles. The van der Waals surface area contributed by atoms with E-state index >= 15 is 0 Å². The van der Waals surface area contributed by atoms with Gasteiger partial charge in [-0.3, -0.25) is 0 Å². The van der Waals surface area contributed by atoms with Crippen molar-refractivity contribution in [1.82, 2.24) is 9.78 Å². The van der Waals surface area contributed by atoms with Gasteiger partial charge in [-0.25, -0.2) is 4.68 Å². The number of halogens is 1. The van der Waals surface area contributed by atoms with E-state index in [-0.39, 0.29) is 5.41 Å². The highest BCUT2D eigenvalue weighted by molar-refractivity contribution is 9.08. The van der Waals surface area contributed by atoms with E-state index in [4.69, 9.17) is 4.74 Å². The first-order valence-electron chi connectivity index (χ1n) is 6.70. The van der Waals surface area contributed by atoms with Crippen molar-refractivity contribution in [2.24, 2.45) is 7.05 Å². The maximum atomic E-state index is 6.18. The minimum Gasteiger partial charge on any atom is -0.439 e. The first kappa shape index (κ1) is 15.1. The van der Waals surface area contributed by atoms with Gasteiger partial charge in [-0.05, 0) is 18.4 Å². The minimum absolute atomic E-state index is 0.0405. The highest BCUT2D eigenvalue weighted by atomic mass is 79.9. The van der Waals surface area contributed by atoms with Gasteiger partial charge in [0, 0.05) is 23.5 Å². The summed E-state index contributed by atoms with van der Waals surface area (Å²) in [4.78, 5) is 0. The number of hydrogen-bond acceptors (Lipinski definition) is 2. The van der Waals surface area contributed by atoms with Gasteiger partial charge in [0.25, 0.3) is 0 Å². The third-order valence-corrected chi connectivity index (χ3v) is 3.88. The van der Waals surface area contributed by atoms with Gasteiger partial charge in [0.1, 0.15) is 5.75 Å². The van der Waals surface area contributed by atoms with Gasteiger partial charge in [0.2, 0.25) is 5.88 Å². The number of alkyl halides is 1. The molecule has 3 nitrogen and oxygen atoms in total. The molecule has 2 aromatic rings. The smallest absolute Gasteiger partial charge is 0.221 e. The Labute approximate surface area is 129 Å². The van der Waals surface area contributed by atoms with Crippen molar-refractivity contribution < 1.29 is 4.74 Å². The fraction of sp³-hybridized carbons (Fsp3) is 0.438. The zero-order valence-electron chi connectivity index (χ0n) is 12.7. The zero-order valence-corrected chi connectivity index (χ0v) is 14.3. The Morgan fingerprint density at radius 2 is 1.90 bits per heavy atom. The normalized spacial score (nSPS) is 11.7. The Morgan fingerprint density at radius 1 is 1.25 bits per heavy atom. The number of ether oxygens (including phenoxy) is 1. The van der Waals surface area contributed by atoms with Crippen LogP contribution in [0.25, 0.3) is 0 Å². The summed E-state index contributed by atoms with van der Waals surface area (Å²) in [5, 5.41) is 5.17. The molecule has 2 rings (SSSR count). The summed E-state index contributed by atoms with van der Waals surface area (Å²) in [5.74, 6) is 1.70. The van der Waals surface area contributed by atoms with E-state index in [0.717, 1.165) is 28.2 Å². The molecule has 0 N–H and O–H groups in total. The summed E-state index contributed by atoms with van der Waals surface area (Å²) in [6.45, 7) is 8.57. The molecular formula is C16H21BrN2O. The Balaban J connectivity index is 2.46. The fourth-order valence-electron chi connectivity index (χ4n) is 2.24. The van der Waals surface area contributed by atoms with Crippen LogP contribution in [0, 0.1) is 6.92 Å². The third-order valence-electron chi connectivity index (χ3n) is 3.32. The molecule has 0 aliphatic rings. The van der Waals surface area contributed by atoms with Gasteiger partial charge in [-0.2, -0.15) is 5.10 Å². The van der Waals surface area contributed by atoms with Crippen LogP contribution in [-0.4, -0.2) is 9.78 Å². The van der Waals surface area contributed by atoms with E-state index in [9.17, 15) is 0 Å². The second-order valence-electron chi connectivity index (χ2n) is 5.97. The predicted molar refractivity (Wildman–Crippen MR) is 85.8 cm³/mol. The zero-order chi connectivity index (χ0) is 14.9. The van der Waals surface area contributed by atoms with Gasteiger partial charge in [0.05, 0.1) is 5.69 Å². The third kappa shape index (κ3) is 2.90. The van der Waals surface area contributed by atoms with Crippen molar-refractivity contribution in [2.45, 2.75) is 38.4 Å². The quantitative estimate of drug-likeness (QED) is 0.758. The first-order valence-corrected chi connectivity index (χ1v) is 7.82. The van der Waals surface area contributed by atoms with Gasteiger partial charge >= 0.3 is 0 Å². The molecule has 0 aliphatic carbocycles. The fourth-order valence-corrected chi connectivity index (χ4v) is 2.89. The van der Waals surface area contributed by atoms with Gasteiger partial charge < -0.3 is 4.74 Å². The second-order valence-corrected chi connectivity index (χ2v) is 6.54. The Morgan fingerprint density at radius 3 is 2.50 bits per heavy atom. The molecule has 0 amide bonds. The lowest BCUT2D eigenvalue weighted by Gasteiger charge is -2.22. The summed E-state index contributed by atoms with van der Waals surface area (Å²) in [6.07, 6.45) is 0. The number of para-hydroxylation sites is 1. The van der Waals surface area contributed by atoms with E-state index < -0.39 is 0 Å². The van der Waals surface area contributed by atoms with E-state index in [2.05, 4.69) is 47.9 Å². The average Bonchev–Trinajstić information content (AvgIpc) is 2.63. The molecule has 0 aliphatic heterocycles. The molecule has 20 heavy (non-hydrogen) atoms. The maximum Gasteiger partial charge on any atom is 0.221 e. The summed E-state index contributed by atoms with van der Waals surface area (Å²) in [5.41, 5.74) is 3.32. The summed E-state index contributed by atoms with van der Waals surface area (Å²) in [7, 11) is 1.91. The molecule has 108 valence electrons. The summed E-state index contributed by atoms with van der Waals surface area (Å²) >= 11 is 3.51. The SMILES string of the molecule is Cc1nn(C)c(Oc2ccccc2C(C)(C)C)c1CBr. The van der Waals surface area contributed by atoms with E-state index in [0.29, 0.717) is 0 Å². The van der Waals surface area contributed by atoms with Crippen molar-refractivity contribution >= 4 is 15.9 Å². The number of benzene rings is 1. The van der Waals surface area contributed by atoms with E-state index in [1.807, 2.05) is 32.2 Å². The Kier molecular flexibility index (Phi) is 4.23. The molecule has 0 bridgehead atoms. The first-order chi connectivity index (χ1) is 9.34. The van der Waals surface area contributed by atoms with Gasteiger partial charge in [-0.1, -0.05) is 54.9 Å². The lowest BCUT2D eigenvalue weighted by atomic mass is 9.86. The summed E-state index contributed by atoms with van der Waals surface area (Å²) in [6, 6.07) is 8.18. The molecular weight excluding hydrogens is 316 g/mol. The molecule has 4 heteroatoms. The maximum absolute atomic E-state index is 6.18. The number of nitrogens with zero attached hydrogens (tertiary/aromatic N) is 2. The lowest BCUT2D eigenvalue weighted by molar-refractivity contribution is 0.411. The Hall–Kier alpha value is -1.29. The number of aryl methyl sites for hydroxylation is 2. The Bertz CT molecular complexity index is 611. The predicted octanol–water partition coefficient (Wildman–Crippen LogP) is 4.71. The second kappa shape index (κ2) is 5.60. The number of hydrogen-bond donors (Lipinski definition) is 0. The van der Waals surface area contributed by atoms with Crippen molar-refractivity contribution in [1.29, 1.82) is 0 Å². The topological polar surface area (TPSA) is 27.1 Å². The molecule has 0 spiro atoms. The number of aromatic nitrogens is 2. The van der Waals surface area contributed by atoms with Crippen molar-refractivity contribution in [3.63, 3.8) is 0 Å². The highest BCUT2D eigenvalue weighted by Gasteiger charge is 2.21. The van der Waals surface area contributed by atoms with E-state index in [1.165, 1.54) is 5.56 Å². The van der Waals surface area contributed by atoms with Crippen molar-refractivity contribution in [2.75, 3.05) is 0 Å². The van der Waals surface area contributed by atoms with E-state index in [1.54, 1.807) is 4.68 Å². The van der Waals surface area contributed by atoms with Crippen molar-refractivity contribution in [3.8, 4) is 11.6 Å². The van der Waals surface area contributed by atoms with Crippen LogP contribution in [-0.2, 0) is 17.8 Å². The van der Waals surface area contributed by atoms with Crippen LogP contribution >= 0.6 is 15.9 Å². The molecule has 0 atom stereocenters. The van der Waals surface area contributed by atoms with Crippen LogP contribution in [0.2, 0.25) is 0 Å². The van der Waals surface area contributed by atoms with Crippen LogP contribution in [0.4, 0.5) is 0 Å². The molecule has 1 aromatic heterocycles. The van der Waals surface area contributed by atoms with Gasteiger partial charge in [-0.15, -0.1) is 0 Å². The molecule has 0 saturated heterocycles. The lowest BCUT2D eigenvalue weighted by Crippen LogP contribution is -2.12. The van der Waals surface area contributed by atoms with Crippen LogP contribution in [0.3, 0.4) is 0 Å².